The summed E-state index contributed by atoms with van der Waals surface area (Å²) in [7, 11) is 0. The number of thiophene rings is 1. The van der Waals surface area contributed by atoms with Gasteiger partial charge in [0, 0.05) is 30.2 Å². The highest BCUT2D eigenvalue weighted by Gasteiger charge is 2.33. The molecule has 0 bridgehead atoms. The van der Waals surface area contributed by atoms with Crippen LogP contribution in [0.25, 0.3) is 0 Å². The van der Waals surface area contributed by atoms with Gasteiger partial charge in [-0.1, -0.05) is 26.8 Å². The van der Waals surface area contributed by atoms with Gasteiger partial charge < -0.3 is 14.6 Å². The molecule has 1 amide bonds. The molecule has 0 radical (unpaired) electrons. The van der Waals surface area contributed by atoms with Crippen LogP contribution in [-0.2, 0) is 19.4 Å². The fourth-order valence-electron chi connectivity index (χ4n) is 5.43. The number of anilines is 1. The zero-order valence-corrected chi connectivity index (χ0v) is 23.0. The lowest BCUT2D eigenvalue weighted by Gasteiger charge is -2.33. The minimum atomic E-state index is -0.324. The van der Waals surface area contributed by atoms with Gasteiger partial charge in [-0.05, 0) is 72.8 Å². The van der Waals surface area contributed by atoms with Crippen LogP contribution < -0.4 is 10.2 Å². The van der Waals surface area contributed by atoms with Crippen LogP contribution in [0.3, 0.4) is 0 Å². The second kappa shape index (κ2) is 10.7. The third-order valence-corrected chi connectivity index (χ3v) is 8.84. The summed E-state index contributed by atoms with van der Waals surface area (Å²) < 4.78 is 5.38. The number of fused-ring (bicyclic) bond motifs is 1. The Hall–Kier alpha value is -3.46. The molecule has 1 N–H and O–H groups in total. The van der Waals surface area contributed by atoms with E-state index in [1.54, 1.807) is 35.9 Å². The van der Waals surface area contributed by atoms with Crippen LogP contribution in [-0.4, -0.2) is 30.1 Å². The zero-order chi connectivity index (χ0) is 26.9. The largest absolute Gasteiger partial charge is 0.467 e. The van der Waals surface area contributed by atoms with E-state index in [1.807, 2.05) is 18.2 Å². The van der Waals surface area contributed by atoms with Gasteiger partial charge in [0.2, 0.25) is 0 Å². The second-order valence-corrected chi connectivity index (χ2v) is 12.3. The van der Waals surface area contributed by atoms with Gasteiger partial charge in [0.1, 0.15) is 16.4 Å². The highest BCUT2D eigenvalue weighted by atomic mass is 32.1. The van der Waals surface area contributed by atoms with Crippen molar-refractivity contribution in [2.24, 2.45) is 16.3 Å². The van der Waals surface area contributed by atoms with E-state index in [4.69, 9.17) is 9.41 Å². The molecule has 200 valence electrons. The topological polar surface area (TPSA) is 101 Å². The summed E-state index contributed by atoms with van der Waals surface area (Å²) in [5, 5.41) is 15.5. The number of hydrogen-bond donors (Lipinski definition) is 1. The molecule has 38 heavy (non-hydrogen) atoms. The number of carbonyl (C=O) groups excluding carboxylic acids is 1. The maximum absolute atomic E-state index is 13.4. The number of furan rings is 1. The van der Waals surface area contributed by atoms with Gasteiger partial charge in [0.15, 0.2) is 0 Å². The normalized spacial score (nSPS) is 17.7. The fraction of sp³-hybridized carbons (Fsp3) is 0.448. The average Bonchev–Trinajstić information content (AvgIpc) is 3.66. The van der Waals surface area contributed by atoms with Crippen LogP contribution in [0.15, 0.2) is 46.0 Å². The van der Waals surface area contributed by atoms with E-state index in [0.717, 1.165) is 50.8 Å². The Morgan fingerprint density at radius 2 is 2.08 bits per heavy atom. The molecule has 2 aromatic heterocycles. The molecule has 5 rings (SSSR count). The molecule has 2 aliphatic rings. The number of nitro benzene ring substituents is 1. The first-order valence-corrected chi connectivity index (χ1v) is 14.0. The fourth-order valence-corrected chi connectivity index (χ4v) is 6.70. The highest BCUT2D eigenvalue weighted by Crippen LogP contribution is 2.45. The maximum Gasteiger partial charge on any atom is 0.293 e. The van der Waals surface area contributed by atoms with E-state index < -0.39 is 0 Å². The Bertz CT molecular complexity index is 1350. The van der Waals surface area contributed by atoms with Crippen LogP contribution in [0.1, 0.15) is 72.2 Å². The van der Waals surface area contributed by atoms with Crippen molar-refractivity contribution in [3.63, 3.8) is 0 Å². The van der Waals surface area contributed by atoms with Crippen LogP contribution in [0.4, 0.5) is 16.4 Å². The van der Waals surface area contributed by atoms with Crippen molar-refractivity contribution in [1.82, 2.24) is 5.32 Å². The Balaban J connectivity index is 1.46. The molecule has 0 spiro atoms. The second-order valence-electron chi connectivity index (χ2n) is 11.2. The number of amides is 1. The predicted molar refractivity (Wildman–Crippen MR) is 151 cm³/mol. The van der Waals surface area contributed by atoms with E-state index in [1.165, 1.54) is 4.88 Å². The molecule has 0 saturated carbocycles. The van der Waals surface area contributed by atoms with Crippen LogP contribution >= 0.6 is 11.3 Å². The molecule has 1 fully saturated rings. The molecule has 1 atom stereocenters. The van der Waals surface area contributed by atoms with Crippen molar-refractivity contribution < 1.29 is 14.1 Å². The summed E-state index contributed by atoms with van der Waals surface area (Å²) in [6.45, 7) is 8.78. The molecule has 3 heterocycles. The van der Waals surface area contributed by atoms with Gasteiger partial charge >= 0.3 is 0 Å². The Morgan fingerprint density at radius 1 is 1.29 bits per heavy atom. The molecular weight excluding hydrogens is 500 g/mol. The van der Waals surface area contributed by atoms with E-state index in [2.05, 4.69) is 31.0 Å². The van der Waals surface area contributed by atoms with Crippen molar-refractivity contribution in [3.05, 3.63) is 74.0 Å². The molecule has 0 unspecified atom stereocenters. The smallest absolute Gasteiger partial charge is 0.293 e. The Morgan fingerprint density at radius 3 is 2.76 bits per heavy atom. The number of nitrogens with one attached hydrogen (secondary N) is 1. The number of hydrogen-bond acceptors (Lipinski definition) is 7. The van der Waals surface area contributed by atoms with Crippen molar-refractivity contribution in [3.8, 4) is 0 Å². The third kappa shape index (κ3) is 5.53. The molecule has 8 nitrogen and oxygen atoms in total. The minimum absolute atomic E-state index is 0.0887. The van der Waals surface area contributed by atoms with Crippen LogP contribution in [0.5, 0.6) is 0 Å². The number of aliphatic imine (C=N–C) groups is 1. The van der Waals surface area contributed by atoms with Gasteiger partial charge in [-0.2, -0.15) is 0 Å². The summed E-state index contributed by atoms with van der Waals surface area (Å²) in [6.07, 6.45) is 8.11. The summed E-state index contributed by atoms with van der Waals surface area (Å²) >= 11 is 1.56. The van der Waals surface area contributed by atoms with Crippen LogP contribution in [0, 0.1) is 21.4 Å². The predicted octanol–water partition coefficient (Wildman–Crippen LogP) is 6.68. The molecule has 3 aromatic rings. The quantitative estimate of drug-likeness (QED) is 0.207. The monoisotopic (exact) mass is 534 g/mol. The molecule has 9 heteroatoms. The Kier molecular flexibility index (Phi) is 7.38. The number of carbonyl (C=O) groups is 1. The van der Waals surface area contributed by atoms with Gasteiger partial charge in [-0.15, -0.1) is 11.3 Å². The minimum Gasteiger partial charge on any atom is -0.467 e. The highest BCUT2D eigenvalue weighted by molar-refractivity contribution is 7.16. The Labute approximate surface area is 226 Å². The van der Waals surface area contributed by atoms with Crippen molar-refractivity contribution in [1.29, 1.82) is 0 Å². The molecular formula is C29H34N4O4S. The van der Waals surface area contributed by atoms with E-state index in [9.17, 15) is 14.9 Å². The number of nitrogens with zero attached hydrogens (tertiary/aromatic N) is 3. The van der Waals surface area contributed by atoms with Gasteiger partial charge in [-0.25, -0.2) is 4.99 Å². The standard InChI is InChI=1S/C29H34N4O4S/c1-29(2,3)20-9-10-22-25(16-20)38-28(26(22)27(34)30-18-21-7-6-14-37-21)31-17-19-8-11-23(24(15-19)33(35)36)32-12-4-5-13-32/h6-8,11,14-15,17,20H,4-5,9-10,12-13,16,18H2,1-3H3,(H,30,34)/t20-/m0/s1. The molecule has 1 aliphatic carbocycles. The lowest BCUT2D eigenvalue weighted by atomic mass is 9.72. The zero-order valence-electron chi connectivity index (χ0n) is 22.2. The summed E-state index contributed by atoms with van der Waals surface area (Å²) in [5.74, 6) is 1.05. The van der Waals surface area contributed by atoms with Gasteiger partial charge in [0.05, 0.1) is 23.3 Å². The van der Waals surface area contributed by atoms with E-state index in [0.29, 0.717) is 40.0 Å². The number of benzene rings is 1. The van der Waals surface area contributed by atoms with Gasteiger partial charge in [0.25, 0.3) is 11.6 Å². The number of rotatable bonds is 7. The average molecular weight is 535 g/mol. The van der Waals surface area contributed by atoms with E-state index >= 15 is 0 Å². The third-order valence-electron chi connectivity index (χ3n) is 7.68. The molecule has 1 aliphatic heterocycles. The van der Waals surface area contributed by atoms with Crippen molar-refractivity contribution in [2.75, 3.05) is 18.0 Å². The maximum atomic E-state index is 13.4. The van der Waals surface area contributed by atoms with Crippen LogP contribution in [0.2, 0.25) is 0 Å². The first-order chi connectivity index (χ1) is 18.2. The molecule has 1 aromatic carbocycles. The van der Waals surface area contributed by atoms with Crippen molar-refractivity contribution in [2.45, 2.75) is 59.4 Å². The lowest BCUT2D eigenvalue weighted by molar-refractivity contribution is -0.384. The first kappa shape index (κ1) is 26.2. The van der Waals surface area contributed by atoms with Crippen molar-refractivity contribution >= 4 is 39.8 Å². The molecule has 1 saturated heterocycles. The number of nitro groups is 1. The SMILES string of the molecule is CC(C)(C)[C@H]1CCc2c(sc(N=Cc3ccc(N4CCCC4)c([N+](=O)[O-])c3)c2C(=O)NCc2ccco2)C1. The summed E-state index contributed by atoms with van der Waals surface area (Å²) in [4.78, 5) is 32.9. The lowest BCUT2D eigenvalue weighted by Crippen LogP contribution is -2.28. The van der Waals surface area contributed by atoms with Gasteiger partial charge in [-0.3, -0.25) is 14.9 Å². The first-order valence-electron chi connectivity index (χ1n) is 13.2. The summed E-state index contributed by atoms with van der Waals surface area (Å²) in [6, 6.07) is 8.88. The van der Waals surface area contributed by atoms with E-state index in [-0.39, 0.29) is 21.9 Å². The summed E-state index contributed by atoms with van der Waals surface area (Å²) in [5.41, 5.74) is 3.26.